The molecule has 2 fully saturated rings. The van der Waals surface area contributed by atoms with E-state index in [4.69, 9.17) is 5.73 Å². The van der Waals surface area contributed by atoms with Gasteiger partial charge in [0.1, 0.15) is 6.04 Å². The van der Waals surface area contributed by atoms with E-state index >= 15 is 0 Å². The zero-order valence-electron chi connectivity index (χ0n) is 11.6. The molecular formula is C14H24N2O3. The summed E-state index contributed by atoms with van der Waals surface area (Å²) in [6.07, 6.45) is 5.11. The average Bonchev–Trinajstić information content (AvgIpc) is 2.37. The number of rotatable bonds is 4. The molecule has 3 N–H and O–H groups in total. The molecule has 5 heteroatoms. The molecule has 0 bridgehead atoms. The quantitative estimate of drug-likeness (QED) is 0.803. The SMILES string of the molecule is CCC1CCN(C(=O)C2(CN)CCC2)C(C(=O)O)C1. The largest absolute Gasteiger partial charge is 0.480 e. The van der Waals surface area contributed by atoms with Crippen molar-refractivity contribution in [3.8, 4) is 0 Å². The van der Waals surface area contributed by atoms with Gasteiger partial charge < -0.3 is 15.7 Å². The highest BCUT2D eigenvalue weighted by atomic mass is 16.4. The Morgan fingerprint density at radius 2 is 2.11 bits per heavy atom. The lowest BCUT2D eigenvalue weighted by molar-refractivity contribution is -0.161. The van der Waals surface area contributed by atoms with E-state index in [9.17, 15) is 14.7 Å². The number of carbonyl (C=O) groups excluding carboxylic acids is 1. The minimum atomic E-state index is -0.877. The van der Waals surface area contributed by atoms with Crippen molar-refractivity contribution < 1.29 is 14.7 Å². The van der Waals surface area contributed by atoms with Crippen LogP contribution in [-0.4, -0.2) is 41.0 Å². The predicted octanol–water partition coefficient (Wildman–Crippen LogP) is 1.22. The molecule has 5 nitrogen and oxygen atoms in total. The van der Waals surface area contributed by atoms with Gasteiger partial charge in [-0.05, 0) is 31.6 Å². The second-order valence-corrected chi connectivity index (χ2v) is 5.99. The minimum absolute atomic E-state index is 0.0248. The molecule has 1 saturated heterocycles. The molecule has 0 radical (unpaired) electrons. The number of carboxylic acids is 1. The van der Waals surface area contributed by atoms with Gasteiger partial charge in [0.15, 0.2) is 0 Å². The third-order valence-corrected chi connectivity index (χ3v) is 4.99. The Kier molecular flexibility index (Phi) is 4.13. The van der Waals surface area contributed by atoms with Crippen LogP contribution in [0.15, 0.2) is 0 Å². The molecule has 108 valence electrons. The molecule has 1 heterocycles. The maximum Gasteiger partial charge on any atom is 0.326 e. The maximum absolute atomic E-state index is 12.6. The van der Waals surface area contributed by atoms with E-state index in [0.29, 0.717) is 25.4 Å². The second kappa shape index (κ2) is 5.49. The zero-order chi connectivity index (χ0) is 14.0. The van der Waals surface area contributed by atoms with Crippen molar-refractivity contribution in [3.63, 3.8) is 0 Å². The molecule has 2 unspecified atom stereocenters. The highest BCUT2D eigenvalue weighted by Gasteiger charge is 2.48. The molecule has 19 heavy (non-hydrogen) atoms. The van der Waals surface area contributed by atoms with E-state index in [2.05, 4.69) is 6.92 Å². The molecule has 1 saturated carbocycles. The first-order valence-electron chi connectivity index (χ1n) is 7.28. The van der Waals surface area contributed by atoms with E-state index < -0.39 is 17.4 Å². The fourth-order valence-corrected chi connectivity index (χ4v) is 3.30. The Balaban J connectivity index is 2.13. The number of carboxylic acid groups (broad SMARTS) is 1. The van der Waals surface area contributed by atoms with Crippen LogP contribution < -0.4 is 5.73 Å². The maximum atomic E-state index is 12.6. The fraction of sp³-hybridized carbons (Fsp3) is 0.857. The fourth-order valence-electron chi connectivity index (χ4n) is 3.30. The summed E-state index contributed by atoms with van der Waals surface area (Å²) in [4.78, 5) is 25.6. The smallest absolute Gasteiger partial charge is 0.326 e. The van der Waals surface area contributed by atoms with Crippen LogP contribution in [0.1, 0.15) is 45.4 Å². The van der Waals surface area contributed by atoms with Gasteiger partial charge in [0, 0.05) is 13.1 Å². The topological polar surface area (TPSA) is 83.6 Å². The summed E-state index contributed by atoms with van der Waals surface area (Å²) in [6, 6.07) is -0.657. The molecule has 0 aromatic rings. The van der Waals surface area contributed by atoms with Gasteiger partial charge in [-0.1, -0.05) is 19.8 Å². The third-order valence-electron chi connectivity index (χ3n) is 4.99. The van der Waals surface area contributed by atoms with Gasteiger partial charge in [-0.15, -0.1) is 0 Å². The normalized spacial score (nSPS) is 29.7. The van der Waals surface area contributed by atoms with E-state index in [1.807, 2.05) is 0 Å². The van der Waals surface area contributed by atoms with Crippen LogP contribution in [0.2, 0.25) is 0 Å². The van der Waals surface area contributed by atoms with Crippen LogP contribution in [-0.2, 0) is 9.59 Å². The highest BCUT2D eigenvalue weighted by Crippen LogP contribution is 2.43. The summed E-state index contributed by atoms with van der Waals surface area (Å²) >= 11 is 0. The van der Waals surface area contributed by atoms with E-state index in [-0.39, 0.29) is 5.91 Å². The average molecular weight is 268 g/mol. The van der Waals surface area contributed by atoms with Crippen molar-refractivity contribution in [2.24, 2.45) is 17.1 Å². The number of piperidine rings is 1. The molecular weight excluding hydrogens is 244 g/mol. The van der Waals surface area contributed by atoms with E-state index in [1.165, 1.54) is 0 Å². The van der Waals surface area contributed by atoms with Crippen molar-refractivity contribution in [1.82, 2.24) is 4.90 Å². The van der Waals surface area contributed by atoms with Crippen molar-refractivity contribution >= 4 is 11.9 Å². The van der Waals surface area contributed by atoms with E-state index in [1.54, 1.807) is 4.90 Å². The molecule has 0 spiro atoms. The zero-order valence-corrected chi connectivity index (χ0v) is 11.6. The van der Waals surface area contributed by atoms with Gasteiger partial charge in [-0.3, -0.25) is 4.79 Å². The van der Waals surface area contributed by atoms with E-state index in [0.717, 1.165) is 32.1 Å². The summed E-state index contributed by atoms with van der Waals surface area (Å²) in [7, 11) is 0. The van der Waals surface area contributed by atoms with Crippen molar-refractivity contribution in [3.05, 3.63) is 0 Å². The first-order chi connectivity index (χ1) is 9.04. The number of nitrogens with zero attached hydrogens (tertiary/aromatic N) is 1. The lowest BCUT2D eigenvalue weighted by Gasteiger charge is -2.46. The summed E-state index contributed by atoms with van der Waals surface area (Å²) in [5.74, 6) is -0.485. The van der Waals surface area contributed by atoms with Crippen LogP contribution in [0.25, 0.3) is 0 Å². The molecule has 1 aliphatic heterocycles. The Morgan fingerprint density at radius 3 is 2.53 bits per heavy atom. The molecule has 2 rings (SSSR count). The van der Waals surface area contributed by atoms with Crippen molar-refractivity contribution in [2.75, 3.05) is 13.1 Å². The van der Waals surface area contributed by atoms with Crippen LogP contribution in [0.4, 0.5) is 0 Å². The monoisotopic (exact) mass is 268 g/mol. The number of hydrogen-bond donors (Lipinski definition) is 2. The second-order valence-electron chi connectivity index (χ2n) is 5.99. The lowest BCUT2D eigenvalue weighted by atomic mass is 9.67. The molecule has 0 aromatic heterocycles. The van der Waals surface area contributed by atoms with Gasteiger partial charge in [0.2, 0.25) is 5.91 Å². The Bertz CT molecular complexity index is 360. The lowest BCUT2D eigenvalue weighted by Crippen LogP contribution is -2.58. The van der Waals surface area contributed by atoms with Crippen LogP contribution in [0.3, 0.4) is 0 Å². The molecule has 1 aliphatic carbocycles. The number of nitrogens with two attached hydrogens (primary N) is 1. The number of hydrogen-bond acceptors (Lipinski definition) is 3. The van der Waals surface area contributed by atoms with Crippen molar-refractivity contribution in [1.29, 1.82) is 0 Å². The Labute approximate surface area is 114 Å². The van der Waals surface area contributed by atoms with Gasteiger partial charge in [-0.25, -0.2) is 4.79 Å². The van der Waals surface area contributed by atoms with Gasteiger partial charge in [0.25, 0.3) is 0 Å². The number of amides is 1. The summed E-state index contributed by atoms with van der Waals surface area (Å²) in [6.45, 7) is 2.98. The van der Waals surface area contributed by atoms with Crippen LogP contribution >= 0.6 is 0 Å². The number of carbonyl (C=O) groups is 2. The summed E-state index contributed by atoms with van der Waals surface area (Å²) in [5.41, 5.74) is 5.29. The summed E-state index contributed by atoms with van der Waals surface area (Å²) in [5, 5.41) is 9.37. The standard InChI is InChI=1S/C14H24N2O3/c1-2-10-4-7-16(11(8-10)12(17)18)13(19)14(9-15)5-3-6-14/h10-11H,2-9,15H2,1H3,(H,17,18). The number of aliphatic carboxylic acids is 1. The first kappa shape index (κ1) is 14.3. The van der Waals surface area contributed by atoms with Gasteiger partial charge in [0.05, 0.1) is 5.41 Å². The Morgan fingerprint density at radius 1 is 1.42 bits per heavy atom. The third kappa shape index (κ3) is 2.48. The van der Waals surface area contributed by atoms with Crippen LogP contribution in [0.5, 0.6) is 0 Å². The summed E-state index contributed by atoms with van der Waals surface area (Å²) < 4.78 is 0. The van der Waals surface area contributed by atoms with Gasteiger partial charge >= 0.3 is 5.97 Å². The van der Waals surface area contributed by atoms with Gasteiger partial charge in [-0.2, -0.15) is 0 Å². The molecule has 0 aromatic carbocycles. The first-order valence-corrected chi connectivity index (χ1v) is 7.28. The molecule has 2 atom stereocenters. The molecule has 1 amide bonds. The van der Waals surface area contributed by atoms with Crippen molar-refractivity contribution in [2.45, 2.75) is 51.5 Å². The predicted molar refractivity (Wildman–Crippen MR) is 71.5 cm³/mol. The molecule has 2 aliphatic rings. The number of likely N-dealkylation sites (tertiary alicyclic amines) is 1. The minimum Gasteiger partial charge on any atom is -0.480 e. The highest BCUT2D eigenvalue weighted by molar-refractivity contribution is 5.88. The van der Waals surface area contributed by atoms with Crippen LogP contribution in [0, 0.1) is 11.3 Å². The Hall–Kier alpha value is -1.10.